The maximum absolute atomic E-state index is 6.47. The fraction of sp³-hybridized carbons (Fsp3) is 0.357. The first kappa shape index (κ1) is 12.6. The minimum atomic E-state index is 0.0287. The van der Waals surface area contributed by atoms with Crippen molar-refractivity contribution >= 4 is 22.9 Å². The first-order valence-corrected chi connectivity index (χ1v) is 6.94. The van der Waals surface area contributed by atoms with Crippen molar-refractivity contribution in [1.29, 1.82) is 0 Å². The molecule has 0 fully saturated rings. The molecule has 3 heteroatoms. The maximum atomic E-state index is 6.47. The molecule has 1 nitrogen and oxygen atoms in total. The van der Waals surface area contributed by atoms with Gasteiger partial charge >= 0.3 is 0 Å². The van der Waals surface area contributed by atoms with Gasteiger partial charge in [-0.05, 0) is 44.0 Å². The topological polar surface area (TPSA) is 12.9 Å². The summed E-state index contributed by atoms with van der Waals surface area (Å²) >= 11 is 8.26. The number of thiophene rings is 1. The predicted molar refractivity (Wildman–Crippen MR) is 75.1 cm³/mol. The number of hydrogen-bond acceptors (Lipinski definition) is 2. The van der Waals surface area contributed by atoms with Crippen LogP contribution in [0.4, 0.5) is 0 Å². The highest BCUT2D eigenvalue weighted by molar-refractivity contribution is 7.12. The molecule has 1 unspecified atom stereocenters. The third-order valence-corrected chi connectivity index (χ3v) is 4.77. The minimum Gasteiger partial charge on any atom is -0.261 e. The van der Waals surface area contributed by atoms with Crippen LogP contribution in [0.3, 0.4) is 0 Å². The number of aryl methyl sites for hydroxylation is 3. The van der Waals surface area contributed by atoms with Gasteiger partial charge in [0.1, 0.15) is 0 Å². The SMILES string of the molecule is Cc1cccnc1CC(Cl)c1cc(C)c(C)s1. The van der Waals surface area contributed by atoms with E-state index in [1.807, 2.05) is 12.3 Å². The van der Waals surface area contributed by atoms with Crippen LogP contribution in [0.2, 0.25) is 0 Å². The highest BCUT2D eigenvalue weighted by Gasteiger charge is 2.14. The molecule has 0 amide bonds. The Morgan fingerprint density at radius 1 is 1.29 bits per heavy atom. The molecule has 0 saturated heterocycles. The van der Waals surface area contributed by atoms with Crippen molar-refractivity contribution < 1.29 is 0 Å². The standard InChI is InChI=1S/C14H16ClNS/c1-9-5-4-6-16-13(9)8-12(15)14-7-10(2)11(3)17-14/h4-7,12H,8H2,1-3H3. The maximum Gasteiger partial charge on any atom is 0.0734 e. The molecule has 2 heterocycles. The summed E-state index contributed by atoms with van der Waals surface area (Å²) in [4.78, 5) is 6.99. The van der Waals surface area contributed by atoms with Gasteiger partial charge in [-0.2, -0.15) is 0 Å². The van der Waals surface area contributed by atoms with Gasteiger partial charge in [-0.1, -0.05) is 6.07 Å². The van der Waals surface area contributed by atoms with Gasteiger partial charge in [0.05, 0.1) is 5.38 Å². The second kappa shape index (κ2) is 5.19. The van der Waals surface area contributed by atoms with E-state index in [4.69, 9.17) is 11.6 Å². The summed E-state index contributed by atoms with van der Waals surface area (Å²) in [5, 5.41) is 0.0287. The number of nitrogens with zero attached hydrogens (tertiary/aromatic N) is 1. The molecule has 0 radical (unpaired) electrons. The van der Waals surface area contributed by atoms with Crippen LogP contribution in [0, 0.1) is 20.8 Å². The molecule has 0 aromatic carbocycles. The lowest BCUT2D eigenvalue weighted by molar-refractivity contribution is 0.883. The molecule has 0 saturated carbocycles. The number of rotatable bonds is 3. The van der Waals surface area contributed by atoms with Crippen molar-refractivity contribution in [2.24, 2.45) is 0 Å². The van der Waals surface area contributed by atoms with Gasteiger partial charge in [0.15, 0.2) is 0 Å². The van der Waals surface area contributed by atoms with Gasteiger partial charge in [-0.15, -0.1) is 22.9 Å². The van der Waals surface area contributed by atoms with Crippen LogP contribution in [-0.2, 0) is 6.42 Å². The lowest BCUT2D eigenvalue weighted by Crippen LogP contribution is -1.98. The van der Waals surface area contributed by atoms with Crippen LogP contribution < -0.4 is 0 Å². The van der Waals surface area contributed by atoms with Crippen LogP contribution in [-0.4, -0.2) is 4.98 Å². The molecule has 2 aromatic rings. The summed E-state index contributed by atoms with van der Waals surface area (Å²) in [6.45, 7) is 6.35. The van der Waals surface area contributed by atoms with Gasteiger partial charge < -0.3 is 0 Å². The van der Waals surface area contributed by atoms with E-state index >= 15 is 0 Å². The van der Waals surface area contributed by atoms with Gasteiger partial charge in [0, 0.05) is 28.1 Å². The molecule has 1 atom stereocenters. The van der Waals surface area contributed by atoms with Crippen molar-refractivity contribution in [3.63, 3.8) is 0 Å². The Bertz CT molecular complexity index is 499. The van der Waals surface area contributed by atoms with E-state index in [2.05, 4.69) is 37.9 Å². The van der Waals surface area contributed by atoms with Gasteiger partial charge in [-0.3, -0.25) is 4.98 Å². The predicted octanol–water partition coefficient (Wildman–Crippen LogP) is 4.59. The summed E-state index contributed by atoms with van der Waals surface area (Å²) in [6.07, 6.45) is 2.63. The summed E-state index contributed by atoms with van der Waals surface area (Å²) in [6, 6.07) is 6.23. The van der Waals surface area contributed by atoms with Crippen molar-refractivity contribution in [2.45, 2.75) is 32.6 Å². The number of pyridine rings is 1. The molecular formula is C14H16ClNS. The largest absolute Gasteiger partial charge is 0.261 e. The summed E-state index contributed by atoms with van der Waals surface area (Å²) in [5.74, 6) is 0. The zero-order chi connectivity index (χ0) is 12.4. The quantitative estimate of drug-likeness (QED) is 0.740. The Morgan fingerprint density at radius 3 is 2.65 bits per heavy atom. The monoisotopic (exact) mass is 265 g/mol. The van der Waals surface area contributed by atoms with E-state index in [1.54, 1.807) is 11.3 Å². The van der Waals surface area contributed by atoms with E-state index in [-0.39, 0.29) is 5.38 Å². The molecule has 0 N–H and O–H groups in total. The van der Waals surface area contributed by atoms with Crippen molar-refractivity contribution in [2.75, 3.05) is 0 Å². The number of aromatic nitrogens is 1. The molecule has 90 valence electrons. The van der Waals surface area contributed by atoms with Crippen LogP contribution in [0.15, 0.2) is 24.4 Å². The minimum absolute atomic E-state index is 0.0287. The lowest BCUT2D eigenvalue weighted by atomic mass is 10.1. The van der Waals surface area contributed by atoms with E-state index in [9.17, 15) is 0 Å². The average Bonchev–Trinajstić information content (AvgIpc) is 2.63. The molecular weight excluding hydrogens is 250 g/mol. The van der Waals surface area contributed by atoms with Gasteiger partial charge in [-0.25, -0.2) is 0 Å². The summed E-state index contributed by atoms with van der Waals surface area (Å²) < 4.78 is 0. The molecule has 2 rings (SSSR count). The zero-order valence-electron chi connectivity index (χ0n) is 10.3. The van der Waals surface area contributed by atoms with E-state index in [0.717, 1.165) is 12.1 Å². The van der Waals surface area contributed by atoms with Gasteiger partial charge in [0.2, 0.25) is 0 Å². The van der Waals surface area contributed by atoms with Crippen LogP contribution >= 0.6 is 22.9 Å². The van der Waals surface area contributed by atoms with E-state index in [1.165, 1.54) is 20.9 Å². The molecule has 0 aliphatic carbocycles. The van der Waals surface area contributed by atoms with Crippen molar-refractivity contribution in [1.82, 2.24) is 4.98 Å². The Kier molecular flexibility index (Phi) is 3.85. The van der Waals surface area contributed by atoms with E-state index < -0.39 is 0 Å². The second-order valence-electron chi connectivity index (χ2n) is 4.33. The molecule has 0 bridgehead atoms. The number of halogens is 1. The molecule has 0 aliphatic rings. The second-order valence-corrected chi connectivity index (χ2v) is 6.14. The third-order valence-electron chi connectivity index (χ3n) is 2.98. The van der Waals surface area contributed by atoms with Crippen LogP contribution in [0.5, 0.6) is 0 Å². The molecule has 17 heavy (non-hydrogen) atoms. The highest BCUT2D eigenvalue weighted by Crippen LogP contribution is 2.32. The third kappa shape index (κ3) is 2.88. The Morgan fingerprint density at radius 2 is 2.06 bits per heavy atom. The molecule has 0 aliphatic heterocycles. The number of alkyl halides is 1. The Hall–Kier alpha value is -0.860. The lowest BCUT2D eigenvalue weighted by Gasteiger charge is -2.08. The van der Waals surface area contributed by atoms with Crippen molar-refractivity contribution in [3.05, 3.63) is 51.0 Å². The van der Waals surface area contributed by atoms with Crippen LogP contribution in [0.1, 0.15) is 32.0 Å². The fourth-order valence-corrected chi connectivity index (χ4v) is 3.12. The normalized spacial score (nSPS) is 12.7. The first-order valence-electron chi connectivity index (χ1n) is 5.69. The Labute approximate surface area is 111 Å². The van der Waals surface area contributed by atoms with Gasteiger partial charge in [0.25, 0.3) is 0 Å². The average molecular weight is 266 g/mol. The summed E-state index contributed by atoms with van der Waals surface area (Å²) in [7, 11) is 0. The first-order chi connectivity index (χ1) is 8.08. The fourth-order valence-electron chi connectivity index (χ4n) is 1.76. The highest BCUT2D eigenvalue weighted by atomic mass is 35.5. The van der Waals surface area contributed by atoms with E-state index in [0.29, 0.717) is 0 Å². The Balaban J connectivity index is 2.17. The summed E-state index contributed by atoms with van der Waals surface area (Å²) in [5.41, 5.74) is 3.63. The number of hydrogen-bond donors (Lipinski definition) is 0. The molecule has 0 spiro atoms. The smallest absolute Gasteiger partial charge is 0.0734 e. The van der Waals surface area contributed by atoms with Crippen molar-refractivity contribution in [3.8, 4) is 0 Å². The molecule has 2 aromatic heterocycles. The zero-order valence-corrected chi connectivity index (χ0v) is 11.9. The van der Waals surface area contributed by atoms with Crippen LogP contribution in [0.25, 0.3) is 0 Å².